The number of carbonyl (C=O) groups is 1. The summed E-state index contributed by atoms with van der Waals surface area (Å²) in [5, 5.41) is 4.08. The lowest BCUT2D eigenvalue weighted by atomic mass is 10.1. The lowest BCUT2D eigenvalue weighted by Gasteiger charge is -2.20. The van der Waals surface area contributed by atoms with Gasteiger partial charge in [0.25, 0.3) is 0 Å². The molecule has 0 unspecified atom stereocenters. The van der Waals surface area contributed by atoms with Gasteiger partial charge < -0.3 is 9.42 Å². The smallest absolute Gasteiger partial charge is 0.220 e. The number of amides is 1. The molecular weight excluding hydrogens is 204 g/mol. The van der Waals surface area contributed by atoms with E-state index in [1.165, 1.54) is 0 Å². The van der Waals surface area contributed by atoms with Gasteiger partial charge in [0.2, 0.25) is 5.91 Å². The minimum atomic E-state index is 0.119. The fourth-order valence-corrected chi connectivity index (χ4v) is 2.18. The quantitative estimate of drug-likeness (QED) is 0.772. The summed E-state index contributed by atoms with van der Waals surface area (Å²) in [4.78, 5) is 13.3. The Balaban J connectivity index is 2.19. The van der Waals surface area contributed by atoms with Crippen LogP contribution in [0, 0.1) is 0 Å². The monoisotopic (exact) mass is 222 g/mol. The predicted octanol–water partition coefficient (Wildman–Crippen LogP) is 2.48. The molecule has 16 heavy (non-hydrogen) atoms. The number of hydrogen-bond acceptors (Lipinski definition) is 3. The molecule has 1 aliphatic heterocycles. The zero-order valence-electron chi connectivity index (χ0n) is 10.1. The first-order valence-corrected chi connectivity index (χ1v) is 5.83. The molecule has 1 aliphatic rings. The van der Waals surface area contributed by atoms with Crippen LogP contribution < -0.4 is 0 Å². The van der Waals surface area contributed by atoms with Gasteiger partial charge in [0.05, 0.1) is 6.04 Å². The Bertz CT molecular complexity index is 384. The van der Waals surface area contributed by atoms with Crippen LogP contribution in [0.2, 0.25) is 0 Å². The first-order chi connectivity index (χ1) is 7.59. The standard InChI is InChI=1S/C12H18N2O2/c1-8(2)12-7-10(13-16-12)11-5-4-6-14(11)9(3)15/h7-8,11H,4-6H2,1-3H3/t11-/m1/s1. The third-order valence-electron chi connectivity index (χ3n) is 3.11. The Hall–Kier alpha value is -1.32. The van der Waals surface area contributed by atoms with Crippen molar-refractivity contribution in [2.45, 2.75) is 45.6 Å². The molecule has 1 aromatic heterocycles. The number of aromatic nitrogens is 1. The van der Waals surface area contributed by atoms with Gasteiger partial charge in [-0.15, -0.1) is 0 Å². The molecule has 4 nitrogen and oxygen atoms in total. The van der Waals surface area contributed by atoms with Crippen molar-refractivity contribution in [2.24, 2.45) is 0 Å². The molecule has 0 bridgehead atoms. The highest BCUT2D eigenvalue weighted by atomic mass is 16.5. The van der Waals surface area contributed by atoms with E-state index in [-0.39, 0.29) is 11.9 Å². The summed E-state index contributed by atoms with van der Waals surface area (Å²) < 4.78 is 5.28. The van der Waals surface area contributed by atoms with Crippen molar-refractivity contribution in [1.29, 1.82) is 0 Å². The van der Waals surface area contributed by atoms with Crippen molar-refractivity contribution in [2.75, 3.05) is 6.54 Å². The third-order valence-corrected chi connectivity index (χ3v) is 3.11. The van der Waals surface area contributed by atoms with Gasteiger partial charge in [-0.3, -0.25) is 4.79 Å². The Morgan fingerprint density at radius 2 is 2.38 bits per heavy atom. The van der Waals surface area contributed by atoms with Crippen LogP contribution in [0.1, 0.15) is 57.0 Å². The van der Waals surface area contributed by atoms with E-state index in [2.05, 4.69) is 19.0 Å². The van der Waals surface area contributed by atoms with Crippen molar-refractivity contribution in [1.82, 2.24) is 10.1 Å². The van der Waals surface area contributed by atoms with Crippen LogP contribution in [0.15, 0.2) is 10.6 Å². The topological polar surface area (TPSA) is 46.3 Å². The minimum Gasteiger partial charge on any atom is -0.361 e. The number of nitrogens with zero attached hydrogens (tertiary/aromatic N) is 2. The second-order valence-electron chi connectivity index (χ2n) is 4.68. The molecule has 2 rings (SSSR count). The summed E-state index contributed by atoms with van der Waals surface area (Å²) in [5.74, 6) is 1.36. The van der Waals surface area contributed by atoms with Crippen LogP contribution in [0.3, 0.4) is 0 Å². The van der Waals surface area contributed by atoms with Crippen molar-refractivity contribution in [3.05, 3.63) is 17.5 Å². The van der Waals surface area contributed by atoms with Gasteiger partial charge in [0.1, 0.15) is 11.5 Å². The summed E-state index contributed by atoms with van der Waals surface area (Å²) in [6.07, 6.45) is 2.04. The lowest BCUT2D eigenvalue weighted by Crippen LogP contribution is -2.28. The summed E-state index contributed by atoms with van der Waals surface area (Å²) in [6, 6.07) is 2.10. The molecule has 0 radical (unpaired) electrons. The van der Waals surface area contributed by atoms with Crippen molar-refractivity contribution < 1.29 is 9.32 Å². The van der Waals surface area contributed by atoms with Crippen LogP contribution >= 0.6 is 0 Å². The first-order valence-electron chi connectivity index (χ1n) is 5.83. The van der Waals surface area contributed by atoms with E-state index in [0.29, 0.717) is 5.92 Å². The highest BCUT2D eigenvalue weighted by Crippen LogP contribution is 2.32. The molecule has 0 N–H and O–H groups in total. The van der Waals surface area contributed by atoms with Crippen molar-refractivity contribution in [3.63, 3.8) is 0 Å². The van der Waals surface area contributed by atoms with Crippen LogP contribution in [-0.2, 0) is 4.79 Å². The molecule has 0 aromatic carbocycles. The largest absolute Gasteiger partial charge is 0.361 e. The molecule has 0 saturated carbocycles. The van der Waals surface area contributed by atoms with Gasteiger partial charge in [0.15, 0.2) is 0 Å². The molecule has 0 spiro atoms. The summed E-state index contributed by atoms with van der Waals surface area (Å²) in [7, 11) is 0. The second-order valence-corrected chi connectivity index (χ2v) is 4.68. The summed E-state index contributed by atoms with van der Waals surface area (Å²) >= 11 is 0. The van der Waals surface area contributed by atoms with Crippen LogP contribution in [-0.4, -0.2) is 22.5 Å². The second kappa shape index (κ2) is 4.28. The highest BCUT2D eigenvalue weighted by molar-refractivity contribution is 5.74. The van der Waals surface area contributed by atoms with E-state index in [1.54, 1.807) is 6.92 Å². The van der Waals surface area contributed by atoms with E-state index in [4.69, 9.17) is 4.52 Å². The molecular formula is C12H18N2O2. The number of carbonyl (C=O) groups excluding carboxylic acids is 1. The Kier molecular flexibility index (Phi) is 2.99. The summed E-state index contributed by atoms with van der Waals surface area (Å²) in [6.45, 7) is 6.59. The Morgan fingerprint density at radius 1 is 1.62 bits per heavy atom. The SMILES string of the molecule is CC(=O)N1CCC[C@@H]1c1cc(C(C)C)on1. The number of hydrogen-bond donors (Lipinski definition) is 0. The van der Waals surface area contributed by atoms with Gasteiger partial charge in [0, 0.05) is 25.5 Å². The fourth-order valence-electron chi connectivity index (χ4n) is 2.18. The molecule has 1 saturated heterocycles. The Labute approximate surface area is 95.6 Å². The first kappa shape index (κ1) is 11.2. The van der Waals surface area contributed by atoms with Gasteiger partial charge in [-0.25, -0.2) is 0 Å². The van der Waals surface area contributed by atoms with Gasteiger partial charge in [-0.2, -0.15) is 0 Å². The molecule has 1 aromatic rings. The zero-order valence-corrected chi connectivity index (χ0v) is 10.1. The molecule has 1 atom stereocenters. The van der Waals surface area contributed by atoms with Crippen LogP contribution in [0.5, 0.6) is 0 Å². The van der Waals surface area contributed by atoms with Crippen molar-refractivity contribution >= 4 is 5.91 Å². The van der Waals surface area contributed by atoms with Crippen LogP contribution in [0.4, 0.5) is 0 Å². The highest BCUT2D eigenvalue weighted by Gasteiger charge is 2.30. The molecule has 1 fully saturated rings. The molecule has 4 heteroatoms. The van der Waals surface area contributed by atoms with E-state index < -0.39 is 0 Å². The van der Waals surface area contributed by atoms with Crippen LogP contribution in [0.25, 0.3) is 0 Å². The maximum atomic E-state index is 11.4. The van der Waals surface area contributed by atoms with E-state index in [0.717, 1.165) is 30.8 Å². The summed E-state index contributed by atoms with van der Waals surface area (Å²) in [5.41, 5.74) is 0.899. The third kappa shape index (κ3) is 1.96. The van der Waals surface area contributed by atoms with E-state index >= 15 is 0 Å². The predicted molar refractivity (Wildman–Crippen MR) is 60.0 cm³/mol. The maximum Gasteiger partial charge on any atom is 0.220 e. The fraction of sp³-hybridized carbons (Fsp3) is 0.667. The van der Waals surface area contributed by atoms with Gasteiger partial charge in [-0.1, -0.05) is 19.0 Å². The van der Waals surface area contributed by atoms with Gasteiger partial charge in [-0.05, 0) is 12.8 Å². The molecule has 2 heterocycles. The Morgan fingerprint density at radius 3 is 2.94 bits per heavy atom. The van der Waals surface area contributed by atoms with E-state index in [1.807, 2.05) is 11.0 Å². The lowest BCUT2D eigenvalue weighted by molar-refractivity contribution is -0.129. The maximum absolute atomic E-state index is 11.4. The van der Waals surface area contributed by atoms with Crippen molar-refractivity contribution in [3.8, 4) is 0 Å². The normalized spacial score (nSPS) is 20.8. The molecule has 88 valence electrons. The van der Waals surface area contributed by atoms with E-state index in [9.17, 15) is 4.79 Å². The molecule has 1 amide bonds. The minimum absolute atomic E-state index is 0.119. The average Bonchev–Trinajstić information content (AvgIpc) is 2.86. The van der Waals surface area contributed by atoms with Gasteiger partial charge >= 0.3 is 0 Å². The number of likely N-dealkylation sites (tertiary alicyclic amines) is 1. The zero-order chi connectivity index (χ0) is 11.7. The number of rotatable bonds is 2. The average molecular weight is 222 g/mol. The molecule has 0 aliphatic carbocycles.